The third-order valence-corrected chi connectivity index (χ3v) is 8.16. The second-order valence-electron chi connectivity index (χ2n) is 7.04. The molecule has 0 aliphatic carbocycles. The van der Waals surface area contributed by atoms with E-state index in [0.717, 1.165) is 29.9 Å². The van der Waals surface area contributed by atoms with Gasteiger partial charge in [0.25, 0.3) is 5.91 Å². The highest BCUT2D eigenvalue weighted by Gasteiger charge is 2.33. The Labute approximate surface area is 187 Å². The molecule has 4 rings (SSSR count). The summed E-state index contributed by atoms with van der Waals surface area (Å²) in [4.78, 5) is 12.4. The van der Waals surface area contributed by atoms with Gasteiger partial charge in [-0.1, -0.05) is 41.1 Å². The number of para-hydroxylation sites is 1. The predicted octanol–water partition coefficient (Wildman–Crippen LogP) is 4.15. The molecule has 0 bridgehead atoms. The topological polar surface area (TPSA) is 92.3 Å². The molecular weight excluding hydrogens is 463 g/mol. The van der Waals surface area contributed by atoms with E-state index in [9.17, 15) is 17.6 Å². The van der Waals surface area contributed by atoms with Crippen molar-refractivity contribution in [2.75, 3.05) is 18.4 Å². The zero-order valence-electron chi connectivity index (χ0n) is 16.2. The largest absolute Gasteiger partial charge is 0.320 e. The first-order chi connectivity index (χ1) is 14.8. The summed E-state index contributed by atoms with van der Waals surface area (Å²) in [6.07, 6.45) is 1.36. The number of sulfonamides is 1. The highest BCUT2D eigenvalue weighted by atomic mass is 35.5. The first-order valence-corrected chi connectivity index (χ1v) is 12.1. The lowest BCUT2D eigenvalue weighted by atomic mass is 10.0. The summed E-state index contributed by atoms with van der Waals surface area (Å²) in [5, 5.41) is 11.5. The Morgan fingerprint density at radius 2 is 1.97 bits per heavy atom. The third kappa shape index (κ3) is 4.77. The lowest BCUT2D eigenvalue weighted by Gasteiger charge is -2.30. The number of rotatable bonds is 5. The van der Waals surface area contributed by atoms with Crippen LogP contribution in [0.4, 0.5) is 10.1 Å². The highest BCUT2D eigenvalue weighted by Crippen LogP contribution is 2.32. The monoisotopic (exact) mass is 480 g/mol. The SMILES string of the molecule is O=C(Nc1ccccc1)c1nnc(C2CCCN(S(=O)(=O)c3ccc(F)c(Cl)c3)C2)s1. The van der Waals surface area contributed by atoms with E-state index < -0.39 is 15.8 Å². The molecule has 11 heteroatoms. The molecule has 0 radical (unpaired) electrons. The number of nitrogens with zero attached hydrogens (tertiary/aromatic N) is 3. The molecule has 1 aliphatic rings. The summed E-state index contributed by atoms with van der Waals surface area (Å²) in [6.45, 7) is 0.542. The van der Waals surface area contributed by atoms with Crippen LogP contribution in [0.25, 0.3) is 0 Å². The van der Waals surface area contributed by atoms with E-state index in [0.29, 0.717) is 23.7 Å². The van der Waals surface area contributed by atoms with Gasteiger partial charge in [0.2, 0.25) is 15.0 Å². The molecule has 1 aromatic heterocycles. The maximum Gasteiger partial charge on any atom is 0.286 e. The number of amides is 1. The third-order valence-electron chi connectivity index (χ3n) is 4.93. The Kier molecular flexibility index (Phi) is 6.33. The Bertz CT molecular complexity index is 1200. The maximum atomic E-state index is 13.4. The van der Waals surface area contributed by atoms with Crippen LogP contribution < -0.4 is 5.32 Å². The average molecular weight is 481 g/mol. The van der Waals surface area contributed by atoms with E-state index in [1.54, 1.807) is 12.1 Å². The first-order valence-electron chi connectivity index (χ1n) is 9.49. The fraction of sp³-hybridized carbons (Fsp3) is 0.250. The minimum atomic E-state index is -3.83. The minimum Gasteiger partial charge on any atom is -0.320 e. The molecule has 0 spiro atoms. The highest BCUT2D eigenvalue weighted by molar-refractivity contribution is 7.89. The standard InChI is InChI=1S/C20H18ClFN4O3S2/c21-16-11-15(8-9-17(16)22)31(28,29)26-10-4-5-13(12-26)19-24-25-20(30-19)18(27)23-14-6-2-1-3-7-14/h1-3,6-9,11,13H,4-5,10,12H2,(H,23,27). The van der Waals surface area contributed by atoms with Gasteiger partial charge in [-0.25, -0.2) is 12.8 Å². The number of halogens is 2. The van der Waals surface area contributed by atoms with Crippen LogP contribution >= 0.6 is 22.9 Å². The molecule has 2 heterocycles. The number of hydrogen-bond donors (Lipinski definition) is 1. The summed E-state index contributed by atoms with van der Waals surface area (Å²) < 4.78 is 40.8. The fourth-order valence-corrected chi connectivity index (χ4v) is 6.01. The van der Waals surface area contributed by atoms with Crippen LogP contribution in [0.3, 0.4) is 0 Å². The molecule has 1 amide bonds. The lowest BCUT2D eigenvalue weighted by molar-refractivity contribution is 0.102. The number of anilines is 1. The van der Waals surface area contributed by atoms with Crippen LogP contribution in [-0.4, -0.2) is 41.9 Å². The van der Waals surface area contributed by atoms with Crippen LogP contribution in [0, 0.1) is 5.82 Å². The minimum absolute atomic E-state index is 0.0558. The van der Waals surface area contributed by atoms with Crippen molar-refractivity contribution in [1.29, 1.82) is 0 Å². The average Bonchev–Trinajstić information content (AvgIpc) is 3.27. The summed E-state index contributed by atoms with van der Waals surface area (Å²) in [5.41, 5.74) is 0.650. The Morgan fingerprint density at radius 1 is 1.19 bits per heavy atom. The molecule has 1 N–H and O–H groups in total. The van der Waals surface area contributed by atoms with Gasteiger partial charge in [0.1, 0.15) is 10.8 Å². The normalized spacial score (nSPS) is 17.4. The summed E-state index contributed by atoms with van der Waals surface area (Å²) in [6, 6.07) is 12.4. The van der Waals surface area contributed by atoms with Gasteiger partial charge in [0.15, 0.2) is 0 Å². The van der Waals surface area contributed by atoms with Crippen LogP contribution in [-0.2, 0) is 10.0 Å². The van der Waals surface area contributed by atoms with E-state index in [1.807, 2.05) is 18.2 Å². The Morgan fingerprint density at radius 3 is 2.71 bits per heavy atom. The van der Waals surface area contributed by atoms with Crippen molar-refractivity contribution in [3.05, 3.63) is 69.4 Å². The Balaban J connectivity index is 1.49. The Hall–Kier alpha value is -2.40. The molecule has 1 saturated heterocycles. The molecule has 1 aliphatic heterocycles. The molecule has 7 nitrogen and oxygen atoms in total. The fourth-order valence-electron chi connectivity index (χ4n) is 3.35. The molecular formula is C20H18ClFN4O3S2. The van der Waals surface area contributed by atoms with Gasteiger partial charge in [-0.05, 0) is 43.2 Å². The molecule has 1 unspecified atom stereocenters. The van der Waals surface area contributed by atoms with Gasteiger partial charge < -0.3 is 5.32 Å². The van der Waals surface area contributed by atoms with Crippen molar-refractivity contribution in [2.45, 2.75) is 23.7 Å². The van der Waals surface area contributed by atoms with Crippen LogP contribution in [0.5, 0.6) is 0 Å². The van der Waals surface area contributed by atoms with Gasteiger partial charge in [-0.3, -0.25) is 4.79 Å². The molecule has 3 aromatic rings. The molecule has 0 saturated carbocycles. The van der Waals surface area contributed by atoms with Gasteiger partial charge >= 0.3 is 0 Å². The molecule has 162 valence electrons. The maximum absolute atomic E-state index is 13.4. The van der Waals surface area contributed by atoms with E-state index in [2.05, 4.69) is 15.5 Å². The summed E-state index contributed by atoms with van der Waals surface area (Å²) in [5.74, 6) is -1.22. The predicted molar refractivity (Wildman–Crippen MR) is 116 cm³/mol. The van der Waals surface area contributed by atoms with Crippen LogP contribution in [0.1, 0.15) is 33.6 Å². The van der Waals surface area contributed by atoms with Gasteiger partial charge in [-0.2, -0.15) is 4.31 Å². The van der Waals surface area contributed by atoms with Crippen molar-refractivity contribution in [2.24, 2.45) is 0 Å². The number of hydrogen-bond acceptors (Lipinski definition) is 6. The van der Waals surface area contributed by atoms with Crippen LogP contribution in [0.2, 0.25) is 5.02 Å². The molecule has 1 fully saturated rings. The zero-order chi connectivity index (χ0) is 22.0. The van der Waals surface area contributed by atoms with Gasteiger partial charge in [0, 0.05) is 24.7 Å². The van der Waals surface area contributed by atoms with E-state index in [4.69, 9.17) is 11.6 Å². The number of benzene rings is 2. The van der Waals surface area contributed by atoms with Crippen molar-refractivity contribution in [3.8, 4) is 0 Å². The molecule has 31 heavy (non-hydrogen) atoms. The smallest absolute Gasteiger partial charge is 0.286 e. The van der Waals surface area contributed by atoms with Crippen molar-refractivity contribution >= 4 is 44.6 Å². The second-order valence-corrected chi connectivity index (χ2v) is 10.4. The van der Waals surface area contributed by atoms with E-state index in [1.165, 1.54) is 10.4 Å². The quantitative estimate of drug-likeness (QED) is 0.592. The number of aromatic nitrogens is 2. The van der Waals surface area contributed by atoms with Crippen LogP contribution in [0.15, 0.2) is 53.4 Å². The zero-order valence-corrected chi connectivity index (χ0v) is 18.6. The second kappa shape index (κ2) is 8.99. The molecule has 2 aromatic carbocycles. The number of carbonyl (C=O) groups is 1. The van der Waals surface area contributed by atoms with Crippen molar-refractivity contribution in [1.82, 2.24) is 14.5 Å². The summed E-state index contributed by atoms with van der Waals surface area (Å²) in [7, 11) is -3.83. The number of piperidine rings is 1. The number of carbonyl (C=O) groups excluding carboxylic acids is 1. The lowest BCUT2D eigenvalue weighted by Crippen LogP contribution is -2.39. The van der Waals surface area contributed by atoms with E-state index >= 15 is 0 Å². The van der Waals surface area contributed by atoms with Gasteiger partial charge in [-0.15, -0.1) is 10.2 Å². The van der Waals surface area contributed by atoms with Crippen molar-refractivity contribution < 1.29 is 17.6 Å². The van der Waals surface area contributed by atoms with E-state index in [-0.39, 0.29) is 33.3 Å². The molecule has 1 atom stereocenters. The summed E-state index contributed by atoms with van der Waals surface area (Å²) >= 11 is 6.91. The number of nitrogens with one attached hydrogen (secondary N) is 1. The first kappa shape index (κ1) is 21.8. The van der Waals surface area contributed by atoms with Gasteiger partial charge in [0.05, 0.1) is 9.92 Å². The van der Waals surface area contributed by atoms with Crippen molar-refractivity contribution in [3.63, 3.8) is 0 Å².